The lowest BCUT2D eigenvalue weighted by atomic mass is 10.2. The van der Waals surface area contributed by atoms with Crippen molar-refractivity contribution in [2.24, 2.45) is 0 Å². The Bertz CT molecular complexity index is 1080. The Morgan fingerprint density at radius 3 is 2.37 bits per heavy atom. The molecular formula is C21H20FN5O2S. The van der Waals surface area contributed by atoms with Crippen LogP contribution in [-0.2, 0) is 9.59 Å². The van der Waals surface area contributed by atoms with E-state index in [-0.39, 0.29) is 29.4 Å². The number of benzene rings is 2. The molecule has 4 rings (SSSR count). The van der Waals surface area contributed by atoms with E-state index in [1.165, 1.54) is 24.8 Å². The summed E-state index contributed by atoms with van der Waals surface area (Å²) in [5.74, 6) is -0.0473. The summed E-state index contributed by atoms with van der Waals surface area (Å²) in [6.07, 6.45) is 1.97. The van der Waals surface area contributed by atoms with Gasteiger partial charge in [-0.25, -0.2) is 4.39 Å². The van der Waals surface area contributed by atoms with Crippen LogP contribution in [0.15, 0.2) is 53.7 Å². The van der Waals surface area contributed by atoms with Crippen molar-refractivity contribution >= 4 is 35.0 Å². The van der Waals surface area contributed by atoms with Gasteiger partial charge in [-0.15, -0.1) is 10.2 Å². The minimum Gasteiger partial charge on any atom is -0.326 e. The smallest absolute Gasteiger partial charge is 0.234 e. The van der Waals surface area contributed by atoms with Gasteiger partial charge in [0.15, 0.2) is 11.0 Å². The highest BCUT2D eigenvalue weighted by molar-refractivity contribution is 7.99. The van der Waals surface area contributed by atoms with Gasteiger partial charge in [0.2, 0.25) is 11.8 Å². The Hall–Kier alpha value is -3.20. The van der Waals surface area contributed by atoms with Crippen molar-refractivity contribution in [1.82, 2.24) is 14.8 Å². The first-order chi connectivity index (χ1) is 14.5. The summed E-state index contributed by atoms with van der Waals surface area (Å²) in [6.45, 7) is 1.44. The fourth-order valence-electron chi connectivity index (χ4n) is 3.03. The van der Waals surface area contributed by atoms with E-state index in [1.807, 2.05) is 4.57 Å². The van der Waals surface area contributed by atoms with Crippen molar-refractivity contribution in [3.05, 3.63) is 54.3 Å². The van der Waals surface area contributed by atoms with Gasteiger partial charge in [-0.2, -0.15) is 0 Å². The summed E-state index contributed by atoms with van der Waals surface area (Å²) in [7, 11) is 0. The third kappa shape index (κ3) is 4.68. The highest BCUT2D eigenvalue weighted by Gasteiger charge is 2.31. The Morgan fingerprint density at radius 1 is 1.07 bits per heavy atom. The molecule has 2 amide bonds. The van der Waals surface area contributed by atoms with Gasteiger partial charge in [0.25, 0.3) is 0 Å². The fraction of sp³-hybridized carbons (Fsp3) is 0.238. The second kappa shape index (κ2) is 8.66. The first-order valence-electron chi connectivity index (χ1n) is 9.51. The van der Waals surface area contributed by atoms with Crippen LogP contribution in [0.4, 0.5) is 15.8 Å². The zero-order valence-corrected chi connectivity index (χ0v) is 17.1. The topological polar surface area (TPSA) is 88.9 Å². The molecule has 1 aliphatic rings. The van der Waals surface area contributed by atoms with Gasteiger partial charge in [0.1, 0.15) is 5.82 Å². The van der Waals surface area contributed by atoms with E-state index >= 15 is 0 Å². The Labute approximate surface area is 177 Å². The molecule has 0 atom stereocenters. The Kier molecular flexibility index (Phi) is 5.80. The summed E-state index contributed by atoms with van der Waals surface area (Å²) in [6, 6.07) is 13.6. The predicted octanol–water partition coefficient (Wildman–Crippen LogP) is 4.11. The standard InChI is InChI=1S/C21H20FN5O2S/c1-13(28)23-14-6-8-15(9-7-14)24-19(29)12-30-21-26-25-20(27(21)16-10-11-16)17-4-2-3-5-18(17)22/h2-9,16H,10-12H2,1H3,(H,23,28)(H,24,29). The second-order valence-electron chi connectivity index (χ2n) is 6.98. The van der Waals surface area contributed by atoms with Crippen LogP contribution in [0.1, 0.15) is 25.8 Å². The molecule has 2 N–H and O–H groups in total. The average Bonchev–Trinajstić information content (AvgIpc) is 3.47. The van der Waals surface area contributed by atoms with Crippen molar-refractivity contribution in [2.75, 3.05) is 16.4 Å². The molecule has 1 saturated carbocycles. The number of thioether (sulfide) groups is 1. The van der Waals surface area contributed by atoms with E-state index in [1.54, 1.807) is 42.5 Å². The van der Waals surface area contributed by atoms with Crippen LogP contribution in [0, 0.1) is 5.82 Å². The van der Waals surface area contributed by atoms with E-state index in [0.717, 1.165) is 12.8 Å². The lowest BCUT2D eigenvalue weighted by molar-refractivity contribution is -0.114. The van der Waals surface area contributed by atoms with Crippen LogP contribution in [0.25, 0.3) is 11.4 Å². The number of hydrogen-bond acceptors (Lipinski definition) is 5. The van der Waals surface area contributed by atoms with Gasteiger partial charge < -0.3 is 10.6 Å². The van der Waals surface area contributed by atoms with E-state index in [0.29, 0.717) is 27.9 Å². The number of anilines is 2. The average molecular weight is 425 g/mol. The highest BCUT2D eigenvalue weighted by Crippen LogP contribution is 2.41. The molecule has 0 saturated heterocycles. The monoisotopic (exact) mass is 425 g/mol. The molecule has 0 radical (unpaired) electrons. The number of hydrogen-bond donors (Lipinski definition) is 2. The number of nitrogens with zero attached hydrogens (tertiary/aromatic N) is 3. The number of halogens is 1. The Balaban J connectivity index is 1.42. The molecule has 1 heterocycles. The van der Waals surface area contributed by atoms with Crippen LogP contribution in [0.2, 0.25) is 0 Å². The van der Waals surface area contributed by atoms with Gasteiger partial charge in [0.05, 0.1) is 11.3 Å². The maximum Gasteiger partial charge on any atom is 0.234 e. The largest absolute Gasteiger partial charge is 0.326 e. The summed E-state index contributed by atoms with van der Waals surface area (Å²) in [5.41, 5.74) is 1.70. The molecule has 0 aliphatic heterocycles. The van der Waals surface area contributed by atoms with Crippen LogP contribution in [0.3, 0.4) is 0 Å². The lowest BCUT2D eigenvalue weighted by Crippen LogP contribution is -2.14. The van der Waals surface area contributed by atoms with Gasteiger partial charge >= 0.3 is 0 Å². The second-order valence-corrected chi connectivity index (χ2v) is 7.93. The molecule has 30 heavy (non-hydrogen) atoms. The number of nitrogens with one attached hydrogen (secondary N) is 2. The SMILES string of the molecule is CC(=O)Nc1ccc(NC(=O)CSc2nnc(-c3ccccc3F)n2C2CC2)cc1. The van der Waals surface area contributed by atoms with E-state index < -0.39 is 0 Å². The molecule has 0 spiro atoms. The fourth-order valence-corrected chi connectivity index (χ4v) is 3.84. The number of aromatic nitrogens is 3. The number of rotatable bonds is 7. The van der Waals surface area contributed by atoms with Gasteiger partial charge in [0, 0.05) is 24.3 Å². The van der Waals surface area contributed by atoms with E-state index in [9.17, 15) is 14.0 Å². The number of carbonyl (C=O) groups is 2. The summed E-state index contributed by atoms with van der Waals surface area (Å²) < 4.78 is 16.2. The van der Waals surface area contributed by atoms with Crippen molar-refractivity contribution in [2.45, 2.75) is 31.0 Å². The number of amides is 2. The summed E-state index contributed by atoms with van der Waals surface area (Å²) >= 11 is 1.27. The quantitative estimate of drug-likeness (QED) is 0.556. The zero-order valence-electron chi connectivity index (χ0n) is 16.3. The molecule has 2 aromatic carbocycles. The Morgan fingerprint density at radius 2 is 1.73 bits per heavy atom. The van der Waals surface area contributed by atoms with Crippen LogP contribution in [0.5, 0.6) is 0 Å². The molecule has 154 valence electrons. The molecule has 9 heteroatoms. The molecule has 3 aromatic rings. The minimum absolute atomic E-state index is 0.148. The normalized spacial score (nSPS) is 13.1. The molecule has 1 aliphatic carbocycles. The number of carbonyl (C=O) groups excluding carboxylic acids is 2. The molecule has 1 fully saturated rings. The van der Waals surface area contributed by atoms with Crippen molar-refractivity contribution in [1.29, 1.82) is 0 Å². The van der Waals surface area contributed by atoms with E-state index in [4.69, 9.17) is 0 Å². The van der Waals surface area contributed by atoms with Crippen LogP contribution >= 0.6 is 11.8 Å². The maximum atomic E-state index is 14.2. The summed E-state index contributed by atoms with van der Waals surface area (Å²) in [4.78, 5) is 23.4. The molecule has 7 nitrogen and oxygen atoms in total. The predicted molar refractivity (Wildman–Crippen MR) is 114 cm³/mol. The van der Waals surface area contributed by atoms with Gasteiger partial charge in [-0.1, -0.05) is 23.9 Å². The van der Waals surface area contributed by atoms with Crippen LogP contribution < -0.4 is 10.6 Å². The van der Waals surface area contributed by atoms with Crippen molar-refractivity contribution in [3.63, 3.8) is 0 Å². The van der Waals surface area contributed by atoms with Gasteiger partial charge in [-0.05, 0) is 49.2 Å². The third-order valence-corrected chi connectivity index (χ3v) is 5.46. The van der Waals surface area contributed by atoms with Gasteiger partial charge in [-0.3, -0.25) is 14.2 Å². The summed E-state index contributed by atoms with van der Waals surface area (Å²) in [5, 5.41) is 14.5. The van der Waals surface area contributed by atoms with Crippen molar-refractivity contribution in [3.8, 4) is 11.4 Å². The molecular weight excluding hydrogens is 405 g/mol. The third-order valence-electron chi connectivity index (χ3n) is 4.51. The zero-order chi connectivity index (χ0) is 21.1. The highest BCUT2D eigenvalue weighted by atomic mass is 32.2. The lowest BCUT2D eigenvalue weighted by Gasteiger charge is -2.10. The molecule has 0 unspecified atom stereocenters. The maximum absolute atomic E-state index is 14.2. The van der Waals surface area contributed by atoms with Crippen LogP contribution in [-0.4, -0.2) is 32.3 Å². The van der Waals surface area contributed by atoms with Crippen molar-refractivity contribution < 1.29 is 14.0 Å². The first kappa shape index (κ1) is 20.1. The minimum atomic E-state index is -0.344. The molecule has 1 aromatic heterocycles. The first-order valence-corrected chi connectivity index (χ1v) is 10.5. The molecule has 0 bridgehead atoms. The van der Waals surface area contributed by atoms with E-state index in [2.05, 4.69) is 20.8 Å².